The van der Waals surface area contributed by atoms with Crippen LogP contribution in [0.4, 0.5) is 5.69 Å². The number of carbonyl (C=O) groups is 1. The third kappa shape index (κ3) is 1.82. The number of aromatic nitrogens is 2. The van der Waals surface area contributed by atoms with E-state index in [0.717, 1.165) is 25.1 Å². The molecule has 1 fully saturated rings. The lowest BCUT2D eigenvalue weighted by atomic mass is 9.71. The van der Waals surface area contributed by atoms with Crippen molar-refractivity contribution < 1.29 is 9.53 Å². The monoisotopic (exact) mass is 249 g/mol. The van der Waals surface area contributed by atoms with Crippen molar-refractivity contribution in [3.63, 3.8) is 0 Å². The molecule has 98 valence electrons. The molecule has 18 heavy (non-hydrogen) atoms. The Labute approximate surface area is 107 Å². The summed E-state index contributed by atoms with van der Waals surface area (Å²) in [6, 6.07) is 0. The molecule has 0 aromatic carbocycles. The molecular weight excluding hydrogens is 230 g/mol. The quantitative estimate of drug-likeness (QED) is 0.828. The predicted molar refractivity (Wildman–Crippen MR) is 67.2 cm³/mol. The van der Waals surface area contributed by atoms with E-state index < -0.39 is 0 Å². The van der Waals surface area contributed by atoms with Gasteiger partial charge in [-0.05, 0) is 12.8 Å². The van der Waals surface area contributed by atoms with Gasteiger partial charge in [-0.1, -0.05) is 19.3 Å². The highest BCUT2D eigenvalue weighted by atomic mass is 16.5. The Morgan fingerprint density at radius 1 is 1.44 bits per heavy atom. The Bertz CT molecular complexity index is 461. The van der Waals surface area contributed by atoms with Crippen LogP contribution in [-0.4, -0.2) is 22.3 Å². The summed E-state index contributed by atoms with van der Waals surface area (Å²) in [7, 11) is 0. The van der Waals surface area contributed by atoms with Crippen LogP contribution in [-0.2, 0) is 21.7 Å². The van der Waals surface area contributed by atoms with Crippen molar-refractivity contribution in [2.45, 2.75) is 51.2 Å². The van der Waals surface area contributed by atoms with Gasteiger partial charge in [0.05, 0.1) is 24.2 Å². The highest BCUT2D eigenvalue weighted by Crippen LogP contribution is 2.44. The minimum atomic E-state index is -0.0387. The van der Waals surface area contributed by atoms with Crippen LogP contribution >= 0.6 is 0 Å². The normalized spacial score (nSPS) is 21.6. The van der Waals surface area contributed by atoms with Crippen LogP contribution in [0.15, 0.2) is 6.20 Å². The lowest BCUT2D eigenvalue weighted by Crippen LogP contribution is -2.41. The van der Waals surface area contributed by atoms with E-state index in [1.807, 2.05) is 4.68 Å². The van der Waals surface area contributed by atoms with Gasteiger partial charge in [0.2, 0.25) is 5.91 Å². The van der Waals surface area contributed by atoms with Gasteiger partial charge in [-0.2, -0.15) is 5.10 Å². The van der Waals surface area contributed by atoms with Crippen LogP contribution in [0.1, 0.15) is 44.7 Å². The van der Waals surface area contributed by atoms with Crippen molar-refractivity contribution in [2.75, 3.05) is 11.9 Å². The maximum atomic E-state index is 11.3. The molecule has 1 spiro atoms. The van der Waals surface area contributed by atoms with Gasteiger partial charge in [-0.15, -0.1) is 0 Å². The summed E-state index contributed by atoms with van der Waals surface area (Å²) in [5.74, 6) is -0.0387. The fraction of sp³-hybridized carbons (Fsp3) is 0.692. The van der Waals surface area contributed by atoms with Crippen molar-refractivity contribution >= 4 is 11.6 Å². The first-order valence-electron chi connectivity index (χ1n) is 6.63. The second-order valence-corrected chi connectivity index (χ2v) is 5.41. The van der Waals surface area contributed by atoms with Gasteiger partial charge in [0.25, 0.3) is 0 Å². The number of fused-ring (bicyclic) bond motifs is 2. The average molecular weight is 249 g/mol. The van der Waals surface area contributed by atoms with Gasteiger partial charge >= 0.3 is 0 Å². The van der Waals surface area contributed by atoms with E-state index >= 15 is 0 Å². The van der Waals surface area contributed by atoms with Gasteiger partial charge in [-0.3, -0.25) is 4.79 Å². The summed E-state index contributed by atoms with van der Waals surface area (Å²) in [5, 5.41) is 7.24. The van der Waals surface area contributed by atoms with Crippen LogP contribution < -0.4 is 5.32 Å². The molecule has 1 aromatic rings. The van der Waals surface area contributed by atoms with Gasteiger partial charge in [-0.25, -0.2) is 4.68 Å². The molecule has 0 unspecified atom stereocenters. The number of nitrogens with one attached hydrogen (secondary N) is 1. The summed E-state index contributed by atoms with van der Waals surface area (Å²) < 4.78 is 7.60. The maximum Gasteiger partial charge on any atom is 0.221 e. The Kier molecular flexibility index (Phi) is 2.86. The molecule has 5 heteroatoms. The SMILES string of the molecule is CC(=O)Nc1cnn2c1C1(CCCCC1)COC2. The number of anilines is 1. The molecule has 0 atom stereocenters. The molecular formula is C13H19N3O2. The minimum Gasteiger partial charge on any atom is -0.358 e. The van der Waals surface area contributed by atoms with E-state index in [9.17, 15) is 4.79 Å². The summed E-state index contributed by atoms with van der Waals surface area (Å²) >= 11 is 0. The topological polar surface area (TPSA) is 56.2 Å². The first-order valence-corrected chi connectivity index (χ1v) is 6.63. The Morgan fingerprint density at radius 3 is 2.94 bits per heavy atom. The number of carbonyl (C=O) groups excluding carboxylic acids is 1. The third-order valence-electron chi connectivity index (χ3n) is 4.06. The van der Waals surface area contributed by atoms with Crippen molar-refractivity contribution in [3.8, 4) is 0 Å². The van der Waals surface area contributed by atoms with Gasteiger partial charge in [0, 0.05) is 12.3 Å². The second kappa shape index (κ2) is 4.39. The van der Waals surface area contributed by atoms with E-state index in [-0.39, 0.29) is 11.3 Å². The van der Waals surface area contributed by atoms with Gasteiger partial charge in [0.1, 0.15) is 6.73 Å². The molecule has 3 rings (SSSR count). The van der Waals surface area contributed by atoms with Gasteiger partial charge < -0.3 is 10.1 Å². The molecule has 1 N–H and O–H groups in total. The first-order chi connectivity index (χ1) is 8.71. The molecule has 1 saturated carbocycles. The lowest BCUT2D eigenvalue weighted by Gasteiger charge is -2.40. The zero-order valence-electron chi connectivity index (χ0n) is 10.7. The molecule has 1 aromatic heterocycles. The number of rotatable bonds is 1. The second-order valence-electron chi connectivity index (χ2n) is 5.41. The highest BCUT2D eigenvalue weighted by molar-refractivity contribution is 5.89. The molecule has 1 amide bonds. The largest absolute Gasteiger partial charge is 0.358 e. The molecule has 1 aliphatic carbocycles. The van der Waals surface area contributed by atoms with Crippen molar-refractivity contribution in [1.29, 1.82) is 0 Å². The predicted octanol–water partition coefficient (Wildman–Crippen LogP) is 2.03. The smallest absolute Gasteiger partial charge is 0.221 e. The fourth-order valence-electron chi connectivity index (χ4n) is 3.33. The van der Waals surface area contributed by atoms with Crippen molar-refractivity contribution in [2.24, 2.45) is 0 Å². The van der Waals surface area contributed by atoms with Gasteiger partial charge in [0.15, 0.2) is 0 Å². The Hall–Kier alpha value is -1.36. The summed E-state index contributed by atoms with van der Waals surface area (Å²) in [5.41, 5.74) is 2.10. The molecule has 2 heterocycles. The van der Waals surface area contributed by atoms with E-state index in [4.69, 9.17) is 4.74 Å². The molecule has 1 aliphatic heterocycles. The van der Waals surface area contributed by atoms with Crippen molar-refractivity contribution in [3.05, 3.63) is 11.9 Å². The lowest BCUT2D eigenvalue weighted by molar-refractivity contribution is -0.114. The molecule has 2 aliphatic rings. The number of amides is 1. The van der Waals surface area contributed by atoms with E-state index in [1.165, 1.54) is 31.9 Å². The molecule has 0 bridgehead atoms. The van der Waals surface area contributed by atoms with Crippen LogP contribution in [0.5, 0.6) is 0 Å². The Morgan fingerprint density at radius 2 is 2.22 bits per heavy atom. The number of nitrogens with zero attached hydrogens (tertiary/aromatic N) is 2. The Balaban J connectivity index is 2.01. The molecule has 0 radical (unpaired) electrons. The average Bonchev–Trinajstić information content (AvgIpc) is 2.74. The zero-order chi connectivity index (χ0) is 12.6. The van der Waals surface area contributed by atoms with Crippen LogP contribution in [0, 0.1) is 0 Å². The number of hydrogen-bond acceptors (Lipinski definition) is 3. The van der Waals surface area contributed by atoms with Crippen molar-refractivity contribution in [1.82, 2.24) is 9.78 Å². The molecule has 0 saturated heterocycles. The fourth-order valence-corrected chi connectivity index (χ4v) is 3.33. The minimum absolute atomic E-state index is 0.0387. The summed E-state index contributed by atoms with van der Waals surface area (Å²) in [6.45, 7) is 2.79. The standard InChI is InChI=1S/C13H19N3O2/c1-10(17)15-11-7-14-16-9-18-8-13(12(11)16)5-3-2-4-6-13/h7H,2-6,8-9H2,1H3,(H,15,17). The summed E-state index contributed by atoms with van der Waals surface area (Å²) in [4.78, 5) is 11.3. The molecule has 5 nitrogen and oxygen atoms in total. The number of hydrogen-bond donors (Lipinski definition) is 1. The number of ether oxygens (including phenoxy) is 1. The first kappa shape index (κ1) is 11.7. The summed E-state index contributed by atoms with van der Waals surface area (Å²) in [6.07, 6.45) is 7.77. The van der Waals surface area contributed by atoms with Crippen LogP contribution in [0.2, 0.25) is 0 Å². The van der Waals surface area contributed by atoms with E-state index in [1.54, 1.807) is 6.20 Å². The van der Waals surface area contributed by atoms with E-state index in [2.05, 4.69) is 10.4 Å². The van der Waals surface area contributed by atoms with E-state index in [0.29, 0.717) is 6.73 Å². The zero-order valence-corrected chi connectivity index (χ0v) is 10.7. The maximum absolute atomic E-state index is 11.3. The third-order valence-corrected chi connectivity index (χ3v) is 4.06. The van der Waals surface area contributed by atoms with Crippen LogP contribution in [0.3, 0.4) is 0 Å². The van der Waals surface area contributed by atoms with Crippen LogP contribution in [0.25, 0.3) is 0 Å². The highest BCUT2D eigenvalue weighted by Gasteiger charge is 2.41.